The fraction of sp³-hybridized carbons (Fsp3) is 0.387. The fourth-order valence-corrected chi connectivity index (χ4v) is 4.63. The summed E-state index contributed by atoms with van der Waals surface area (Å²) in [6, 6.07) is 29.9. The first-order valence-electron chi connectivity index (χ1n) is 12.8. The molecule has 0 saturated heterocycles. The second-order valence-electron chi connectivity index (χ2n) is 8.99. The van der Waals surface area contributed by atoms with E-state index in [4.69, 9.17) is 4.74 Å². The Balaban J connectivity index is 1.86. The first-order valence-corrected chi connectivity index (χ1v) is 12.8. The summed E-state index contributed by atoms with van der Waals surface area (Å²) < 4.78 is 6.72. The monoisotopic (exact) mass is 458 g/mol. The molecule has 1 atom stereocenters. The molecule has 0 spiro atoms. The topological polar surface area (TPSA) is 46.5 Å². The summed E-state index contributed by atoms with van der Waals surface area (Å²) in [5, 5.41) is 10.2. The number of carboxylic acid groups (broad SMARTS) is 1. The molecular formula is C31H38O3. The van der Waals surface area contributed by atoms with E-state index in [-0.39, 0.29) is 0 Å². The predicted molar refractivity (Wildman–Crippen MR) is 139 cm³/mol. The molecule has 0 bridgehead atoms. The van der Waals surface area contributed by atoms with Crippen LogP contribution >= 0.6 is 0 Å². The molecule has 0 aromatic heterocycles. The zero-order valence-electron chi connectivity index (χ0n) is 20.4. The molecule has 3 nitrogen and oxygen atoms in total. The van der Waals surface area contributed by atoms with Crippen molar-refractivity contribution in [1.29, 1.82) is 0 Å². The first kappa shape index (κ1) is 25.7. The molecule has 0 aliphatic rings. The lowest BCUT2D eigenvalue weighted by Crippen LogP contribution is -2.40. The minimum Gasteiger partial charge on any atom is -0.479 e. The van der Waals surface area contributed by atoms with Crippen molar-refractivity contribution >= 4 is 5.97 Å². The molecule has 0 radical (unpaired) electrons. The molecule has 0 aliphatic heterocycles. The van der Waals surface area contributed by atoms with Gasteiger partial charge in [-0.1, -0.05) is 149 Å². The van der Waals surface area contributed by atoms with Gasteiger partial charge in [0.15, 0.2) is 6.10 Å². The van der Waals surface area contributed by atoms with Gasteiger partial charge in [-0.15, -0.1) is 0 Å². The average molecular weight is 459 g/mol. The van der Waals surface area contributed by atoms with E-state index in [0.717, 1.165) is 36.0 Å². The van der Waals surface area contributed by atoms with Crippen LogP contribution in [0, 0.1) is 0 Å². The third-order valence-electron chi connectivity index (χ3n) is 6.46. The Bertz CT molecular complexity index is 857. The molecule has 1 N–H and O–H groups in total. The highest BCUT2D eigenvalue weighted by atomic mass is 16.5. The third-order valence-corrected chi connectivity index (χ3v) is 6.46. The number of benzene rings is 3. The van der Waals surface area contributed by atoms with Crippen molar-refractivity contribution in [3.8, 4) is 0 Å². The molecule has 3 aromatic carbocycles. The maximum absolute atomic E-state index is 12.4. The standard InChI is InChI=1S/C31H38O3/c1-2-3-4-5-6-7-8-18-25-29(30(32)33)34-31(26-19-12-9-13-20-26,27-21-14-10-15-22-27)28-23-16-11-17-24-28/h9-17,19-24,29H,2-8,18,25H2,1H3,(H,32,33). The van der Waals surface area contributed by atoms with Crippen molar-refractivity contribution in [2.45, 2.75) is 76.4 Å². The molecule has 0 fully saturated rings. The van der Waals surface area contributed by atoms with Crippen molar-refractivity contribution < 1.29 is 14.6 Å². The van der Waals surface area contributed by atoms with Gasteiger partial charge in [-0.2, -0.15) is 0 Å². The van der Waals surface area contributed by atoms with E-state index in [1.807, 2.05) is 91.0 Å². The summed E-state index contributed by atoms with van der Waals surface area (Å²) in [7, 11) is 0. The molecule has 0 heterocycles. The van der Waals surface area contributed by atoms with E-state index >= 15 is 0 Å². The van der Waals surface area contributed by atoms with Crippen LogP contribution in [0.15, 0.2) is 91.0 Å². The number of hydrogen-bond acceptors (Lipinski definition) is 2. The molecule has 34 heavy (non-hydrogen) atoms. The van der Waals surface area contributed by atoms with Crippen molar-refractivity contribution in [3.63, 3.8) is 0 Å². The Morgan fingerprint density at radius 1 is 0.676 bits per heavy atom. The third kappa shape index (κ3) is 6.80. The molecule has 0 aliphatic carbocycles. The minimum atomic E-state index is -1.01. The van der Waals surface area contributed by atoms with Gasteiger partial charge in [0.05, 0.1) is 0 Å². The molecule has 3 aromatic rings. The minimum absolute atomic E-state index is 0.499. The molecule has 3 heteroatoms. The second kappa shape index (κ2) is 13.7. The van der Waals surface area contributed by atoms with E-state index in [2.05, 4.69) is 6.92 Å². The van der Waals surface area contributed by atoms with E-state index in [0.29, 0.717) is 6.42 Å². The Kier molecular flexibility index (Phi) is 10.4. The van der Waals surface area contributed by atoms with Gasteiger partial charge in [-0.05, 0) is 23.1 Å². The van der Waals surface area contributed by atoms with Crippen LogP contribution in [-0.2, 0) is 15.1 Å². The molecular weight excluding hydrogens is 420 g/mol. The SMILES string of the molecule is CCCCCCCCCCC(OC(c1ccccc1)(c1ccccc1)c1ccccc1)C(=O)O. The largest absolute Gasteiger partial charge is 0.479 e. The highest BCUT2D eigenvalue weighted by Gasteiger charge is 2.41. The number of unbranched alkanes of at least 4 members (excludes halogenated alkanes) is 7. The maximum atomic E-state index is 12.4. The number of carbonyl (C=O) groups is 1. The highest BCUT2D eigenvalue weighted by molar-refractivity contribution is 5.72. The van der Waals surface area contributed by atoms with Crippen molar-refractivity contribution in [3.05, 3.63) is 108 Å². The van der Waals surface area contributed by atoms with Gasteiger partial charge in [0.1, 0.15) is 5.60 Å². The summed E-state index contributed by atoms with van der Waals surface area (Å²) in [6.07, 6.45) is 8.97. The van der Waals surface area contributed by atoms with Gasteiger partial charge in [0.25, 0.3) is 0 Å². The van der Waals surface area contributed by atoms with Crippen LogP contribution in [0.5, 0.6) is 0 Å². The Morgan fingerprint density at radius 2 is 1.06 bits per heavy atom. The zero-order valence-corrected chi connectivity index (χ0v) is 20.4. The number of rotatable bonds is 15. The number of carboxylic acids is 1. The van der Waals surface area contributed by atoms with E-state index in [1.165, 1.54) is 32.1 Å². The lowest BCUT2D eigenvalue weighted by Gasteiger charge is -2.38. The summed E-state index contributed by atoms with van der Waals surface area (Å²) in [4.78, 5) is 12.4. The van der Waals surface area contributed by atoms with E-state index in [9.17, 15) is 9.90 Å². The maximum Gasteiger partial charge on any atom is 0.332 e. The summed E-state index contributed by atoms with van der Waals surface area (Å²) in [6.45, 7) is 2.23. The Labute approximate surface area is 204 Å². The molecule has 1 unspecified atom stereocenters. The van der Waals surface area contributed by atoms with Crippen LogP contribution in [0.3, 0.4) is 0 Å². The highest BCUT2D eigenvalue weighted by Crippen LogP contribution is 2.42. The quantitative estimate of drug-likeness (QED) is 0.185. The van der Waals surface area contributed by atoms with Gasteiger partial charge in [0.2, 0.25) is 0 Å². The molecule has 3 rings (SSSR count). The fourth-order valence-electron chi connectivity index (χ4n) is 4.63. The summed E-state index contributed by atoms with van der Waals surface area (Å²) in [5.74, 6) is -0.907. The number of ether oxygens (including phenoxy) is 1. The summed E-state index contributed by atoms with van der Waals surface area (Å²) >= 11 is 0. The van der Waals surface area contributed by atoms with E-state index < -0.39 is 17.7 Å². The van der Waals surface area contributed by atoms with Crippen molar-refractivity contribution in [2.75, 3.05) is 0 Å². The second-order valence-corrected chi connectivity index (χ2v) is 8.99. The van der Waals surface area contributed by atoms with Gasteiger partial charge < -0.3 is 9.84 Å². The van der Waals surface area contributed by atoms with Gasteiger partial charge >= 0.3 is 5.97 Å². The summed E-state index contributed by atoms with van der Waals surface area (Å²) in [5.41, 5.74) is 1.77. The van der Waals surface area contributed by atoms with Crippen LogP contribution < -0.4 is 0 Å². The van der Waals surface area contributed by atoms with Crippen LogP contribution in [0.1, 0.15) is 81.4 Å². The molecule has 0 saturated carbocycles. The van der Waals surface area contributed by atoms with Gasteiger partial charge in [0, 0.05) is 0 Å². The van der Waals surface area contributed by atoms with Crippen LogP contribution in [-0.4, -0.2) is 17.2 Å². The average Bonchev–Trinajstić information content (AvgIpc) is 2.89. The first-order chi connectivity index (χ1) is 16.7. The normalized spacial score (nSPS) is 12.4. The Hall–Kier alpha value is -2.91. The van der Waals surface area contributed by atoms with Gasteiger partial charge in [-0.3, -0.25) is 0 Å². The predicted octanol–water partition coefficient (Wildman–Crippen LogP) is 7.98. The lowest BCUT2D eigenvalue weighted by molar-refractivity contribution is -0.159. The zero-order chi connectivity index (χ0) is 24.1. The van der Waals surface area contributed by atoms with Crippen molar-refractivity contribution in [2.24, 2.45) is 0 Å². The van der Waals surface area contributed by atoms with Gasteiger partial charge in [-0.25, -0.2) is 4.79 Å². The Morgan fingerprint density at radius 3 is 1.44 bits per heavy atom. The smallest absolute Gasteiger partial charge is 0.332 e. The molecule has 180 valence electrons. The lowest BCUT2D eigenvalue weighted by atomic mass is 9.79. The van der Waals surface area contributed by atoms with Crippen LogP contribution in [0.4, 0.5) is 0 Å². The van der Waals surface area contributed by atoms with Crippen LogP contribution in [0.2, 0.25) is 0 Å². The number of aliphatic carboxylic acids is 1. The molecule has 0 amide bonds. The van der Waals surface area contributed by atoms with Crippen LogP contribution in [0.25, 0.3) is 0 Å². The number of hydrogen-bond donors (Lipinski definition) is 1. The van der Waals surface area contributed by atoms with E-state index in [1.54, 1.807) is 0 Å². The van der Waals surface area contributed by atoms with Crippen molar-refractivity contribution in [1.82, 2.24) is 0 Å².